The van der Waals surface area contributed by atoms with Crippen LogP contribution in [0.15, 0.2) is 24.5 Å². The lowest BCUT2D eigenvalue weighted by atomic mass is 10.4. The summed E-state index contributed by atoms with van der Waals surface area (Å²) in [4.78, 5) is 1.96. The molecule has 0 unspecified atom stereocenters. The van der Waals surface area contributed by atoms with Gasteiger partial charge in [-0.15, -0.1) is 11.3 Å². The lowest BCUT2D eigenvalue weighted by molar-refractivity contribution is 0.556. The topological polar surface area (TPSA) is 53.6 Å². The Morgan fingerprint density at radius 2 is 2.41 bits per heavy atom. The molecule has 1 N–H and O–H groups in total. The van der Waals surface area contributed by atoms with Crippen molar-refractivity contribution >= 4 is 11.3 Å². The van der Waals surface area contributed by atoms with Crippen LogP contribution in [0.5, 0.6) is 0 Å². The van der Waals surface area contributed by atoms with Gasteiger partial charge in [0.15, 0.2) is 0 Å². The summed E-state index contributed by atoms with van der Waals surface area (Å²) in [5, 5.41) is 16.3. The largest absolute Gasteiger partial charge is 0.310 e. The quantitative estimate of drug-likeness (QED) is 0.820. The predicted octanol–water partition coefficient (Wildman–Crippen LogP) is 1.91. The van der Waals surface area contributed by atoms with Gasteiger partial charge in [-0.2, -0.15) is 10.4 Å². The number of thiophene rings is 1. The third-order valence-corrected chi connectivity index (χ3v) is 3.34. The third kappa shape index (κ3) is 3.41. The van der Waals surface area contributed by atoms with E-state index in [1.54, 1.807) is 0 Å². The average Bonchev–Trinajstić information content (AvgIpc) is 2.93. The van der Waals surface area contributed by atoms with Crippen LogP contribution >= 0.6 is 11.3 Å². The van der Waals surface area contributed by atoms with Crippen molar-refractivity contribution in [2.24, 2.45) is 0 Å². The van der Waals surface area contributed by atoms with Gasteiger partial charge in [-0.05, 0) is 24.6 Å². The van der Waals surface area contributed by atoms with E-state index in [0.717, 1.165) is 24.5 Å². The molecule has 2 rings (SSSR count). The molecule has 0 saturated heterocycles. The van der Waals surface area contributed by atoms with Crippen molar-refractivity contribution in [3.05, 3.63) is 39.8 Å². The first-order valence-corrected chi connectivity index (χ1v) is 6.28. The van der Waals surface area contributed by atoms with Crippen LogP contribution in [0.4, 0.5) is 0 Å². The van der Waals surface area contributed by atoms with Crippen LogP contribution in [-0.2, 0) is 13.1 Å². The molecule has 88 valence electrons. The summed E-state index contributed by atoms with van der Waals surface area (Å²) in [5.41, 5.74) is 1.18. The second kappa shape index (κ2) is 5.62. The van der Waals surface area contributed by atoms with Gasteiger partial charge in [0.1, 0.15) is 10.9 Å². The maximum Gasteiger partial charge on any atom is 0.110 e. The van der Waals surface area contributed by atoms with Gasteiger partial charge >= 0.3 is 0 Å². The zero-order valence-electron chi connectivity index (χ0n) is 9.68. The van der Waals surface area contributed by atoms with Crippen molar-refractivity contribution < 1.29 is 0 Å². The second-order valence-electron chi connectivity index (χ2n) is 3.84. The first-order chi connectivity index (χ1) is 8.28. The molecule has 0 fully saturated rings. The number of hydrogen-bond donors (Lipinski definition) is 1. The van der Waals surface area contributed by atoms with Crippen LogP contribution in [0.3, 0.4) is 0 Å². The fourth-order valence-electron chi connectivity index (χ4n) is 1.53. The predicted molar refractivity (Wildman–Crippen MR) is 67.7 cm³/mol. The highest BCUT2D eigenvalue weighted by Crippen LogP contribution is 2.14. The standard InChI is InChI=1S/C12H14N4S/c1-10-7-15-16(9-10)5-4-14-8-12-3-2-11(6-13)17-12/h2-3,7,9,14H,4-5,8H2,1H3. The molecule has 0 bridgehead atoms. The molecular weight excluding hydrogens is 232 g/mol. The van der Waals surface area contributed by atoms with E-state index in [4.69, 9.17) is 5.26 Å². The van der Waals surface area contributed by atoms with E-state index < -0.39 is 0 Å². The SMILES string of the molecule is Cc1cnn(CCNCc2ccc(C#N)s2)c1. The Morgan fingerprint density at radius 1 is 1.53 bits per heavy atom. The number of nitrogens with one attached hydrogen (secondary N) is 1. The van der Waals surface area contributed by atoms with Gasteiger partial charge < -0.3 is 5.32 Å². The number of nitriles is 1. The van der Waals surface area contributed by atoms with E-state index >= 15 is 0 Å². The van der Waals surface area contributed by atoms with E-state index in [1.807, 2.05) is 36.1 Å². The van der Waals surface area contributed by atoms with E-state index in [-0.39, 0.29) is 0 Å². The highest BCUT2D eigenvalue weighted by atomic mass is 32.1. The van der Waals surface area contributed by atoms with Crippen molar-refractivity contribution in [1.29, 1.82) is 5.26 Å². The van der Waals surface area contributed by atoms with E-state index in [1.165, 1.54) is 21.8 Å². The lowest BCUT2D eigenvalue weighted by Crippen LogP contribution is -2.19. The third-order valence-electron chi connectivity index (χ3n) is 2.35. The van der Waals surface area contributed by atoms with Crippen LogP contribution in [0.1, 0.15) is 15.3 Å². The number of nitrogens with zero attached hydrogens (tertiary/aromatic N) is 3. The first kappa shape index (κ1) is 11.8. The van der Waals surface area contributed by atoms with Crippen LogP contribution in [-0.4, -0.2) is 16.3 Å². The minimum absolute atomic E-state index is 0.768. The summed E-state index contributed by atoms with van der Waals surface area (Å²) in [6.07, 6.45) is 3.89. The fourth-order valence-corrected chi connectivity index (χ4v) is 2.30. The molecule has 5 heteroatoms. The minimum atomic E-state index is 0.768. The van der Waals surface area contributed by atoms with Gasteiger partial charge in [0, 0.05) is 24.2 Å². The van der Waals surface area contributed by atoms with Crippen LogP contribution < -0.4 is 5.32 Å². The van der Waals surface area contributed by atoms with Crippen molar-refractivity contribution in [2.75, 3.05) is 6.54 Å². The van der Waals surface area contributed by atoms with Crippen molar-refractivity contribution in [1.82, 2.24) is 15.1 Å². The molecule has 17 heavy (non-hydrogen) atoms. The maximum absolute atomic E-state index is 8.70. The van der Waals surface area contributed by atoms with Gasteiger partial charge in [0.25, 0.3) is 0 Å². The van der Waals surface area contributed by atoms with Crippen molar-refractivity contribution in [3.8, 4) is 6.07 Å². The van der Waals surface area contributed by atoms with Crippen LogP contribution in [0.2, 0.25) is 0 Å². The highest BCUT2D eigenvalue weighted by molar-refractivity contribution is 7.12. The van der Waals surface area contributed by atoms with Gasteiger partial charge in [-0.25, -0.2) is 0 Å². The summed E-state index contributed by atoms with van der Waals surface area (Å²) in [5.74, 6) is 0. The molecule has 2 aromatic heterocycles. The summed E-state index contributed by atoms with van der Waals surface area (Å²) < 4.78 is 1.93. The normalized spacial score (nSPS) is 10.4. The molecule has 0 saturated carbocycles. The molecular formula is C12H14N4S. The molecule has 0 amide bonds. The monoisotopic (exact) mass is 246 g/mol. The zero-order valence-corrected chi connectivity index (χ0v) is 10.5. The van der Waals surface area contributed by atoms with Crippen LogP contribution in [0.25, 0.3) is 0 Å². The van der Waals surface area contributed by atoms with Gasteiger partial charge in [-0.1, -0.05) is 0 Å². The molecule has 2 heterocycles. The number of aryl methyl sites for hydroxylation is 1. The number of rotatable bonds is 5. The zero-order chi connectivity index (χ0) is 12.1. The summed E-state index contributed by atoms with van der Waals surface area (Å²) >= 11 is 1.54. The number of aromatic nitrogens is 2. The highest BCUT2D eigenvalue weighted by Gasteiger charge is 1.99. The molecule has 0 atom stereocenters. The average molecular weight is 246 g/mol. The lowest BCUT2D eigenvalue weighted by Gasteiger charge is -2.03. The Morgan fingerprint density at radius 3 is 3.06 bits per heavy atom. The summed E-state index contributed by atoms with van der Waals surface area (Å²) in [7, 11) is 0. The van der Waals surface area contributed by atoms with Gasteiger partial charge in [-0.3, -0.25) is 4.68 Å². The minimum Gasteiger partial charge on any atom is -0.310 e. The molecule has 0 aliphatic heterocycles. The Labute approximate surface area is 105 Å². The van der Waals surface area contributed by atoms with Crippen molar-refractivity contribution in [2.45, 2.75) is 20.0 Å². The molecule has 0 spiro atoms. The Hall–Kier alpha value is -1.64. The molecule has 0 aliphatic carbocycles. The van der Waals surface area contributed by atoms with Crippen LogP contribution in [0, 0.1) is 18.3 Å². The second-order valence-corrected chi connectivity index (χ2v) is 5.00. The Bertz CT molecular complexity index is 521. The van der Waals surface area contributed by atoms with E-state index in [2.05, 4.69) is 16.5 Å². The maximum atomic E-state index is 8.70. The Kier molecular flexibility index (Phi) is 3.91. The van der Waals surface area contributed by atoms with Gasteiger partial charge in [0.05, 0.1) is 12.7 Å². The molecule has 0 radical (unpaired) electrons. The number of hydrogen-bond acceptors (Lipinski definition) is 4. The molecule has 0 aromatic carbocycles. The fraction of sp³-hybridized carbons (Fsp3) is 0.333. The van der Waals surface area contributed by atoms with Crippen molar-refractivity contribution in [3.63, 3.8) is 0 Å². The van der Waals surface area contributed by atoms with Gasteiger partial charge in [0.2, 0.25) is 0 Å². The van der Waals surface area contributed by atoms with E-state index in [9.17, 15) is 0 Å². The smallest absolute Gasteiger partial charge is 0.110 e. The summed E-state index contributed by atoms with van der Waals surface area (Å²) in [6, 6.07) is 6.00. The Balaban J connectivity index is 1.71. The molecule has 2 aromatic rings. The first-order valence-electron chi connectivity index (χ1n) is 5.46. The summed E-state index contributed by atoms with van der Waals surface area (Å²) in [6.45, 7) is 4.59. The molecule has 4 nitrogen and oxygen atoms in total. The van der Waals surface area contributed by atoms with E-state index in [0.29, 0.717) is 0 Å². The molecule has 0 aliphatic rings.